The number of aromatic nitrogens is 3. The summed E-state index contributed by atoms with van der Waals surface area (Å²) in [6.45, 7) is 2.80. The quantitative estimate of drug-likeness (QED) is 0.797. The van der Waals surface area contributed by atoms with Gasteiger partial charge < -0.3 is 9.84 Å². The molecule has 0 amide bonds. The van der Waals surface area contributed by atoms with E-state index >= 15 is 0 Å². The van der Waals surface area contributed by atoms with E-state index in [1.807, 2.05) is 35.7 Å². The van der Waals surface area contributed by atoms with Crippen LogP contribution in [0.25, 0.3) is 22.2 Å². The van der Waals surface area contributed by atoms with E-state index in [2.05, 4.69) is 32.4 Å². The Hall–Kier alpha value is -2.09. The van der Waals surface area contributed by atoms with Gasteiger partial charge in [0.2, 0.25) is 0 Å². The highest BCUT2D eigenvalue weighted by molar-refractivity contribution is 7.13. The van der Waals surface area contributed by atoms with Crippen LogP contribution in [0.4, 0.5) is 0 Å². The van der Waals surface area contributed by atoms with Crippen molar-refractivity contribution < 1.29 is 4.52 Å². The Labute approximate surface area is 138 Å². The zero-order chi connectivity index (χ0) is 15.6. The van der Waals surface area contributed by atoms with Gasteiger partial charge in [0.05, 0.1) is 6.04 Å². The fraction of sp³-hybridized carbons (Fsp3) is 0.312. The van der Waals surface area contributed by atoms with Crippen molar-refractivity contribution in [3.63, 3.8) is 0 Å². The Bertz CT molecular complexity index is 785. The van der Waals surface area contributed by atoms with Gasteiger partial charge in [-0.3, -0.25) is 4.90 Å². The van der Waals surface area contributed by atoms with Gasteiger partial charge >= 0.3 is 0 Å². The van der Waals surface area contributed by atoms with Crippen LogP contribution < -0.4 is 5.32 Å². The summed E-state index contributed by atoms with van der Waals surface area (Å²) in [4.78, 5) is 11.4. The van der Waals surface area contributed by atoms with Crippen molar-refractivity contribution in [3.8, 4) is 22.2 Å². The molecule has 0 aliphatic carbocycles. The van der Waals surface area contributed by atoms with Crippen LogP contribution in [0.1, 0.15) is 11.9 Å². The molecule has 23 heavy (non-hydrogen) atoms. The zero-order valence-corrected chi connectivity index (χ0v) is 13.6. The lowest BCUT2D eigenvalue weighted by atomic mass is 10.2. The number of thiazole rings is 1. The molecule has 6 nitrogen and oxygen atoms in total. The Morgan fingerprint density at radius 1 is 1.26 bits per heavy atom. The molecule has 1 aliphatic heterocycles. The SMILES string of the molecule is CN1CCNCC1c1noc(-c2csc(-c3ccccc3)n2)n1. The molecular formula is C16H17N5OS. The van der Waals surface area contributed by atoms with Crippen molar-refractivity contribution in [2.75, 3.05) is 26.7 Å². The van der Waals surface area contributed by atoms with E-state index in [1.165, 1.54) is 0 Å². The number of rotatable bonds is 3. The minimum Gasteiger partial charge on any atom is -0.332 e. The summed E-state index contributed by atoms with van der Waals surface area (Å²) in [6.07, 6.45) is 0. The maximum absolute atomic E-state index is 5.43. The average Bonchev–Trinajstić information content (AvgIpc) is 3.25. The van der Waals surface area contributed by atoms with Crippen molar-refractivity contribution >= 4 is 11.3 Å². The van der Waals surface area contributed by atoms with E-state index in [0.29, 0.717) is 11.7 Å². The minimum atomic E-state index is 0.147. The van der Waals surface area contributed by atoms with E-state index in [9.17, 15) is 0 Å². The maximum atomic E-state index is 5.43. The number of benzene rings is 1. The molecule has 1 fully saturated rings. The van der Waals surface area contributed by atoms with Crippen LogP contribution in [0.15, 0.2) is 40.2 Å². The molecule has 7 heteroatoms. The van der Waals surface area contributed by atoms with E-state index in [1.54, 1.807) is 11.3 Å². The van der Waals surface area contributed by atoms with Gasteiger partial charge in [0.15, 0.2) is 5.82 Å². The van der Waals surface area contributed by atoms with E-state index in [4.69, 9.17) is 4.52 Å². The normalized spacial score (nSPS) is 19.1. The molecule has 0 radical (unpaired) electrons. The van der Waals surface area contributed by atoms with Crippen molar-refractivity contribution in [2.45, 2.75) is 6.04 Å². The van der Waals surface area contributed by atoms with Gasteiger partial charge in [-0.2, -0.15) is 4.98 Å². The Morgan fingerprint density at radius 3 is 2.96 bits per heavy atom. The van der Waals surface area contributed by atoms with Crippen LogP contribution in [0.5, 0.6) is 0 Å². The van der Waals surface area contributed by atoms with Crippen LogP contribution in [0.3, 0.4) is 0 Å². The number of hydrogen-bond donors (Lipinski definition) is 1. The predicted molar refractivity (Wildman–Crippen MR) is 89.1 cm³/mol. The van der Waals surface area contributed by atoms with Crippen molar-refractivity contribution in [1.82, 2.24) is 25.3 Å². The second-order valence-corrected chi connectivity index (χ2v) is 6.42. The van der Waals surface area contributed by atoms with E-state index < -0.39 is 0 Å². The topological polar surface area (TPSA) is 67.1 Å². The molecule has 1 atom stereocenters. The molecule has 4 rings (SSSR count). The summed E-state index contributed by atoms with van der Waals surface area (Å²) in [5.41, 5.74) is 1.83. The monoisotopic (exact) mass is 327 g/mol. The van der Waals surface area contributed by atoms with Crippen molar-refractivity contribution in [1.29, 1.82) is 0 Å². The summed E-state index contributed by atoms with van der Waals surface area (Å²) in [6, 6.07) is 10.3. The molecule has 1 aromatic carbocycles. The highest BCUT2D eigenvalue weighted by atomic mass is 32.1. The average molecular weight is 327 g/mol. The zero-order valence-electron chi connectivity index (χ0n) is 12.8. The molecule has 1 N–H and O–H groups in total. The Kier molecular flexibility index (Phi) is 3.90. The van der Waals surface area contributed by atoms with Crippen molar-refractivity contribution in [2.24, 2.45) is 0 Å². The molecule has 0 saturated carbocycles. The molecule has 0 bridgehead atoms. The molecule has 1 aliphatic rings. The lowest BCUT2D eigenvalue weighted by Crippen LogP contribution is -2.44. The van der Waals surface area contributed by atoms with E-state index in [-0.39, 0.29) is 6.04 Å². The summed E-state index contributed by atoms with van der Waals surface area (Å²) in [5, 5.41) is 10.4. The smallest absolute Gasteiger partial charge is 0.277 e. The second-order valence-electron chi connectivity index (χ2n) is 5.56. The molecule has 1 saturated heterocycles. The van der Waals surface area contributed by atoms with Crippen LogP contribution in [0, 0.1) is 0 Å². The third kappa shape index (κ3) is 2.90. The first kappa shape index (κ1) is 14.5. The number of hydrogen-bond acceptors (Lipinski definition) is 7. The van der Waals surface area contributed by atoms with Crippen LogP contribution in [-0.2, 0) is 0 Å². The van der Waals surface area contributed by atoms with Crippen molar-refractivity contribution in [3.05, 3.63) is 41.5 Å². The van der Waals surface area contributed by atoms with Gasteiger partial charge in [0.25, 0.3) is 5.89 Å². The Balaban J connectivity index is 1.59. The first-order valence-corrected chi connectivity index (χ1v) is 8.45. The minimum absolute atomic E-state index is 0.147. The molecule has 1 unspecified atom stereocenters. The summed E-state index contributed by atoms with van der Waals surface area (Å²) in [5.74, 6) is 1.20. The largest absolute Gasteiger partial charge is 0.332 e. The number of likely N-dealkylation sites (N-methyl/N-ethyl adjacent to an activating group) is 1. The molecule has 118 valence electrons. The first-order chi connectivity index (χ1) is 11.3. The molecule has 3 aromatic rings. The van der Waals surface area contributed by atoms with Gasteiger partial charge in [-0.25, -0.2) is 4.98 Å². The van der Waals surface area contributed by atoms with E-state index in [0.717, 1.165) is 35.9 Å². The van der Waals surface area contributed by atoms with Gasteiger partial charge in [-0.05, 0) is 7.05 Å². The Morgan fingerprint density at radius 2 is 2.13 bits per heavy atom. The third-order valence-electron chi connectivity index (χ3n) is 3.99. The van der Waals surface area contributed by atoms with Gasteiger partial charge in [-0.1, -0.05) is 35.5 Å². The van der Waals surface area contributed by atoms with Gasteiger partial charge in [0, 0.05) is 30.6 Å². The highest BCUT2D eigenvalue weighted by Gasteiger charge is 2.26. The number of piperazine rings is 1. The van der Waals surface area contributed by atoms with Gasteiger partial charge in [0.1, 0.15) is 10.7 Å². The molecule has 3 heterocycles. The van der Waals surface area contributed by atoms with Crippen LogP contribution >= 0.6 is 11.3 Å². The molecule has 2 aromatic heterocycles. The van der Waals surface area contributed by atoms with Gasteiger partial charge in [-0.15, -0.1) is 11.3 Å². The number of nitrogens with zero attached hydrogens (tertiary/aromatic N) is 4. The fourth-order valence-corrected chi connectivity index (χ4v) is 3.45. The summed E-state index contributed by atoms with van der Waals surface area (Å²) in [7, 11) is 2.08. The predicted octanol–water partition coefficient (Wildman–Crippen LogP) is 2.44. The third-order valence-corrected chi connectivity index (χ3v) is 4.89. The van der Waals surface area contributed by atoms with Crippen LogP contribution in [0.2, 0.25) is 0 Å². The first-order valence-electron chi connectivity index (χ1n) is 7.57. The lowest BCUT2D eigenvalue weighted by Gasteiger charge is -2.30. The fourth-order valence-electron chi connectivity index (χ4n) is 2.65. The maximum Gasteiger partial charge on any atom is 0.277 e. The molecule has 0 spiro atoms. The lowest BCUT2D eigenvalue weighted by molar-refractivity contribution is 0.190. The highest BCUT2D eigenvalue weighted by Crippen LogP contribution is 2.29. The van der Waals surface area contributed by atoms with Crippen LogP contribution in [-0.4, -0.2) is 46.7 Å². The standard InChI is InChI=1S/C16H17N5OS/c1-21-8-7-17-9-13(21)14-19-15(22-20-14)12-10-23-16(18-12)11-5-3-2-4-6-11/h2-6,10,13,17H,7-9H2,1H3. The number of nitrogens with one attached hydrogen (secondary N) is 1. The molecular weight excluding hydrogens is 310 g/mol. The summed E-state index contributed by atoms with van der Waals surface area (Å²) >= 11 is 1.58. The summed E-state index contributed by atoms with van der Waals surface area (Å²) < 4.78 is 5.43. The second kappa shape index (κ2) is 6.19.